The number of aryl methyl sites for hydroxylation is 1. The number of rotatable bonds is 2. The van der Waals surface area contributed by atoms with Gasteiger partial charge in [0.25, 0.3) is 0 Å². The summed E-state index contributed by atoms with van der Waals surface area (Å²) in [5.74, 6) is 0. The Hall–Kier alpha value is -1.21. The summed E-state index contributed by atoms with van der Waals surface area (Å²) in [5, 5.41) is 0.318. The van der Waals surface area contributed by atoms with E-state index in [4.69, 9.17) is 16.3 Å². The standard InChI is InChI=1S/C14H20ClN3O3S/c1-9-7-16-12(17-11(9)15)22(20)10-5-6-18(8-10)13(19)21-14(2,3)4/h7,10H,5-6,8H2,1-4H3/t10-,22-/m1/s1. The maximum absolute atomic E-state index is 12.5. The van der Waals surface area contributed by atoms with Crippen molar-refractivity contribution in [3.8, 4) is 0 Å². The lowest BCUT2D eigenvalue weighted by Gasteiger charge is -2.24. The molecule has 1 amide bonds. The van der Waals surface area contributed by atoms with Crippen molar-refractivity contribution in [1.82, 2.24) is 14.9 Å². The lowest BCUT2D eigenvalue weighted by atomic mass is 10.2. The van der Waals surface area contributed by atoms with E-state index in [1.807, 2.05) is 20.8 Å². The molecule has 1 aromatic rings. The summed E-state index contributed by atoms with van der Waals surface area (Å²) in [6.07, 6.45) is 1.80. The second-order valence-corrected chi connectivity index (χ2v) is 8.25. The molecular weight excluding hydrogens is 326 g/mol. The van der Waals surface area contributed by atoms with Gasteiger partial charge >= 0.3 is 6.09 Å². The predicted molar refractivity (Wildman–Crippen MR) is 84.4 cm³/mol. The minimum atomic E-state index is -1.39. The molecule has 0 saturated carbocycles. The monoisotopic (exact) mass is 345 g/mol. The van der Waals surface area contributed by atoms with Gasteiger partial charge in [0.1, 0.15) is 10.8 Å². The number of halogens is 1. The first kappa shape index (κ1) is 17.1. The predicted octanol–water partition coefficient (Wildman–Crippen LogP) is 2.56. The zero-order chi connectivity index (χ0) is 16.5. The lowest BCUT2D eigenvalue weighted by molar-refractivity contribution is 0.0295. The molecule has 0 aliphatic carbocycles. The summed E-state index contributed by atoms with van der Waals surface area (Å²) in [4.78, 5) is 21.7. The van der Waals surface area contributed by atoms with Crippen LogP contribution in [0.25, 0.3) is 0 Å². The molecular formula is C14H20ClN3O3S. The molecule has 0 N–H and O–H groups in total. The molecule has 8 heteroatoms. The highest BCUT2D eigenvalue weighted by molar-refractivity contribution is 7.85. The molecule has 1 aliphatic heterocycles. The van der Waals surface area contributed by atoms with Gasteiger partial charge in [-0.3, -0.25) is 4.21 Å². The molecule has 22 heavy (non-hydrogen) atoms. The fourth-order valence-electron chi connectivity index (χ4n) is 2.05. The topological polar surface area (TPSA) is 72.4 Å². The number of ether oxygens (including phenoxy) is 1. The third kappa shape index (κ3) is 4.16. The van der Waals surface area contributed by atoms with Gasteiger partial charge in [-0.15, -0.1) is 0 Å². The Bertz CT molecular complexity index is 603. The van der Waals surface area contributed by atoms with Crippen LogP contribution in [0.15, 0.2) is 11.4 Å². The van der Waals surface area contributed by atoms with Crippen LogP contribution in [-0.2, 0) is 15.5 Å². The maximum atomic E-state index is 12.5. The van der Waals surface area contributed by atoms with Crippen LogP contribution in [0.3, 0.4) is 0 Å². The fourth-order valence-corrected chi connectivity index (χ4v) is 3.50. The van der Waals surface area contributed by atoms with E-state index in [2.05, 4.69) is 9.97 Å². The number of carbonyl (C=O) groups is 1. The second kappa shape index (κ2) is 6.50. The summed E-state index contributed by atoms with van der Waals surface area (Å²) in [6.45, 7) is 8.13. The maximum Gasteiger partial charge on any atom is 0.410 e. The zero-order valence-electron chi connectivity index (χ0n) is 13.1. The van der Waals surface area contributed by atoms with Crippen molar-refractivity contribution in [3.05, 3.63) is 16.9 Å². The summed E-state index contributed by atoms with van der Waals surface area (Å²) in [6, 6.07) is 0. The smallest absolute Gasteiger partial charge is 0.410 e. The van der Waals surface area contributed by atoms with Crippen LogP contribution in [-0.4, -0.2) is 49.1 Å². The van der Waals surface area contributed by atoms with Crippen LogP contribution in [0, 0.1) is 6.92 Å². The van der Waals surface area contributed by atoms with Gasteiger partial charge in [-0.05, 0) is 34.1 Å². The number of nitrogens with zero attached hydrogens (tertiary/aromatic N) is 3. The van der Waals surface area contributed by atoms with Gasteiger partial charge in [-0.25, -0.2) is 14.8 Å². The van der Waals surface area contributed by atoms with Crippen molar-refractivity contribution in [2.45, 2.75) is 50.1 Å². The molecule has 6 nitrogen and oxygen atoms in total. The molecule has 0 unspecified atom stereocenters. The number of amides is 1. The van der Waals surface area contributed by atoms with Crippen LogP contribution in [0.2, 0.25) is 5.15 Å². The molecule has 1 aromatic heterocycles. The van der Waals surface area contributed by atoms with E-state index in [-0.39, 0.29) is 16.5 Å². The zero-order valence-corrected chi connectivity index (χ0v) is 14.7. The molecule has 1 fully saturated rings. The molecule has 0 bridgehead atoms. The SMILES string of the molecule is Cc1cnc([S@](=O)[C@@H]2CCN(C(=O)OC(C)(C)C)C2)nc1Cl. The third-order valence-electron chi connectivity index (χ3n) is 3.17. The molecule has 0 radical (unpaired) electrons. The minimum Gasteiger partial charge on any atom is -0.444 e. The summed E-state index contributed by atoms with van der Waals surface area (Å²) >= 11 is 5.95. The summed E-state index contributed by atoms with van der Waals surface area (Å²) in [7, 11) is -1.39. The number of hydrogen-bond acceptors (Lipinski definition) is 5. The third-order valence-corrected chi connectivity index (χ3v) is 5.10. The highest BCUT2D eigenvalue weighted by Gasteiger charge is 2.34. The van der Waals surface area contributed by atoms with E-state index < -0.39 is 16.4 Å². The van der Waals surface area contributed by atoms with E-state index >= 15 is 0 Å². The molecule has 2 heterocycles. The summed E-state index contributed by atoms with van der Waals surface area (Å²) in [5.41, 5.74) is 0.200. The Labute approximate surface area is 137 Å². The van der Waals surface area contributed by atoms with Gasteiger partial charge in [0.15, 0.2) is 0 Å². The molecule has 0 spiro atoms. The highest BCUT2D eigenvalue weighted by atomic mass is 35.5. The lowest BCUT2D eigenvalue weighted by Crippen LogP contribution is -2.36. The van der Waals surface area contributed by atoms with Gasteiger partial charge in [-0.2, -0.15) is 0 Å². The molecule has 1 aliphatic rings. The Kier molecular flexibility index (Phi) is 5.07. The molecule has 0 aromatic carbocycles. The Morgan fingerprint density at radius 3 is 2.77 bits per heavy atom. The Balaban J connectivity index is 2.02. The quantitative estimate of drug-likeness (QED) is 0.608. The fraction of sp³-hybridized carbons (Fsp3) is 0.643. The van der Waals surface area contributed by atoms with Crippen molar-refractivity contribution in [2.75, 3.05) is 13.1 Å². The Morgan fingerprint density at radius 2 is 2.18 bits per heavy atom. The van der Waals surface area contributed by atoms with Crippen molar-refractivity contribution in [2.24, 2.45) is 0 Å². The number of hydrogen-bond donors (Lipinski definition) is 0. The first-order valence-corrected chi connectivity index (χ1v) is 8.64. The van der Waals surface area contributed by atoms with Crippen LogP contribution < -0.4 is 0 Å². The average Bonchev–Trinajstić information content (AvgIpc) is 2.89. The Morgan fingerprint density at radius 1 is 1.50 bits per heavy atom. The molecule has 2 atom stereocenters. The number of aromatic nitrogens is 2. The number of carbonyl (C=O) groups excluding carboxylic acids is 1. The van der Waals surface area contributed by atoms with Crippen LogP contribution in [0.4, 0.5) is 4.79 Å². The van der Waals surface area contributed by atoms with Crippen LogP contribution in [0.5, 0.6) is 0 Å². The van der Waals surface area contributed by atoms with E-state index in [1.165, 1.54) is 0 Å². The van der Waals surface area contributed by atoms with Gasteiger partial charge in [0.2, 0.25) is 5.16 Å². The van der Waals surface area contributed by atoms with Crippen molar-refractivity contribution >= 4 is 28.5 Å². The largest absolute Gasteiger partial charge is 0.444 e. The molecule has 1 saturated heterocycles. The van der Waals surface area contributed by atoms with E-state index in [0.29, 0.717) is 24.7 Å². The first-order chi connectivity index (χ1) is 10.2. The van der Waals surface area contributed by atoms with Gasteiger partial charge in [0.05, 0.1) is 16.0 Å². The normalized spacial score (nSPS) is 20.0. The van der Waals surface area contributed by atoms with Crippen molar-refractivity contribution in [3.63, 3.8) is 0 Å². The minimum absolute atomic E-state index is 0.203. The van der Waals surface area contributed by atoms with Gasteiger partial charge < -0.3 is 9.64 Å². The van der Waals surface area contributed by atoms with E-state index in [9.17, 15) is 9.00 Å². The first-order valence-electron chi connectivity index (χ1n) is 7.05. The van der Waals surface area contributed by atoms with E-state index in [0.717, 1.165) is 5.56 Å². The van der Waals surface area contributed by atoms with Crippen LogP contribution >= 0.6 is 11.6 Å². The molecule has 122 valence electrons. The average molecular weight is 346 g/mol. The second-order valence-electron chi connectivity index (χ2n) is 6.26. The van der Waals surface area contributed by atoms with Crippen molar-refractivity contribution < 1.29 is 13.7 Å². The highest BCUT2D eigenvalue weighted by Crippen LogP contribution is 2.22. The summed E-state index contributed by atoms with van der Waals surface area (Å²) < 4.78 is 17.8. The number of likely N-dealkylation sites (tertiary alicyclic amines) is 1. The van der Waals surface area contributed by atoms with Crippen LogP contribution in [0.1, 0.15) is 32.8 Å². The van der Waals surface area contributed by atoms with E-state index in [1.54, 1.807) is 18.0 Å². The van der Waals surface area contributed by atoms with Gasteiger partial charge in [0, 0.05) is 24.8 Å². The molecule has 2 rings (SSSR count). The van der Waals surface area contributed by atoms with Gasteiger partial charge in [-0.1, -0.05) is 11.6 Å². The van der Waals surface area contributed by atoms with Crippen molar-refractivity contribution in [1.29, 1.82) is 0 Å².